The van der Waals surface area contributed by atoms with Crippen LogP contribution in [0.4, 0.5) is 5.82 Å². The van der Waals surface area contributed by atoms with Crippen LogP contribution >= 0.6 is 11.6 Å². The fourth-order valence-electron chi connectivity index (χ4n) is 4.21. The number of nitrogens with one attached hydrogen (secondary N) is 4. The van der Waals surface area contributed by atoms with Gasteiger partial charge in [-0.05, 0) is 23.2 Å². The van der Waals surface area contributed by atoms with Gasteiger partial charge in [-0.25, -0.2) is 20.6 Å². The molecule has 0 amide bonds. The fraction of sp³-hybridized carbons (Fsp3) is 0.421. The lowest BCUT2D eigenvalue weighted by atomic mass is 9.91. The summed E-state index contributed by atoms with van der Waals surface area (Å²) in [6, 6.07) is 3.39. The number of aromatic nitrogens is 5. The molecule has 16 nitrogen and oxygen atoms in total. The maximum absolute atomic E-state index is 12.5. The molecule has 9 N–H and O–H groups in total. The van der Waals surface area contributed by atoms with Gasteiger partial charge in [-0.2, -0.15) is 21.0 Å². The first kappa shape index (κ1) is 24.6. The maximum atomic E-state index is 12.5. The highest BCUT2D eigenvalue weighted by molar-refractivity contribution is 6.28. The largest absolute Gasteiger partial charge is 0.479 e. The van der Waals surface area contributed by atoms with Crippen molar-refractivity contribution in [1.29, 1.82) is 0 Å². The fourth-order valence-corrected chi connectivity index (χ4v) is 4.38. The van der Waals surface area contributed by atoms with Crippen LogP contribution in [0.25, 0.3) is 11.2 Å². The Balaban J connectivity index is 1.39. The maximum Gasteiger partial charge on any atom is 0.339 e. The van der Waals surface area contributed by atoms with E-state index in [9.17, 15) is 20.1 Å². The molecule has 0 aliphatic carbocycles. The second kappa shape index (κ2) is 9.77. The number of nitrogen functional groups attached to an aromatic ring is 1. The van der Waals surface area contributed by atoms with Gasteiger partial charge in [-0.15, -0.1) is 0 Å². The van der Waals surface area contributed by atoms with Gasteiger partial charge in [0.15, 0.2) is 23.3 Å². The molecule has 3 aromatic rings. The van der Waals surface area contributed by atoms with E-state index in [1.165, 1.54) is 17.1 Å². The molecule has 2 aliphatic heterocycles. The van der Waals surface area contributed by atoms with Gasteiger partial charge in [0.1, 0.15) is 30.0 Å². The molecular formula is C19H23ClN10O6. The standard InChI is InChI=1S/C19H23ClN10O6/c20-18-24-13(21)10-14(25-18)30(7-23-10)15-12(32)11(31)9(36-15)6-35-19(17(33)34,16-26-28-29-27-16)4-8-2-1-3-22-5-8/h1-3,5,7,9,11-12,15-16,26-29,31-32H,4,6H2,(H,33,34)(H2,21,24,25)/t9-,11-,12-,15-,19?/m1/s1. The van der Waals surface area contributed by atoms with Gasteiger partial charge in [-0.3, -0.25) is 9.55 Å². The Morgan fingerprint density at radius 3 is 2.75 bits per heavy atom. The molecule has 3 aromatic heterocycles. The summed E-state index contributed by atoms with van der Waals surface area (Å²) in [6.45, 7) is -0.383. The van der Waals surface area contributed by atoms with Crippen molar-refractivity contribution in [2.75, 3.05) is 12.3 Å². The molecule has 5 atom stereocenters. The predicted octanol–water partition coefficient (Wildman–Crippen LogP) is -2.40. The molecule has 192 valence electrons. The van der Waals surface area contributed by atoms with Crippen molar-refractivity contribution in [3.8, 4) is 0 Å². The number of hydrazine groups is 3. The van der Waals surface area contributed by atoms with Gasteiger partial charge < -0.3 is 30.5 Å². The number of carboxylic acids is 1. The molecule has 0 saturated carbocycles. The minimum atomic E-state index is -1.87. The Kier molecular flexibility index (Phi) is 6.68. The Morgan fingerprint density at radius 2 is 2.06 bits per heavy atom. The summed E-state index contributed by atoms with van der Waals surface area (Å²) in [5.74, 6) is -1.24. The van der Waals surface area contributed by atoms with E-state index < -0.39 is 42.3 Å². The number of ether oxygens (including phenoxy) is 2. The number of hydrogen-bond acceptors (Lipinski definition) is 14. The third-order valence-electron chi connectivity index (χ3n) is 6.05. The number of nitrogens with two attached hydrogens (primary N) is 1. The molecular weight excluding hydrogens is 500 g/mol. The highest BCUT2D eigenvalue weighted by Crippen LogP contribution is 2.34. The van der Waals surface area contributed by atoms with Crippen LogP contribution in [0.2, 0.25) is 5.28 Å². The number of nitrogens with zero attached hydrogens (tertiary/aromatic N) is 5. The predicted molar refractivity (Wildman–Crippen MR) is 121 cm³/mol. The van der Waals surface area contributed by atoms with Crippen molar-refractivity contribution >= 4 is 34.6 Å². The average Bonchev–Trinajstić information content (AvgIpc) is 3.59. The SMILES string of the molecule is Nc1nc(Cl)nc2c1ncn2[C@@H]1O[C@H](COC(Cc2cccnc2)(C(=O)O)C2NNNN2)[C@@H](O)[C@H]1O. The summed E-state index contributed by atoms with van der Waals surface area (Å²) in [7, 11) is 0. The molecule has 5 rings (SSSR count). The molecule has 0 aromatic carbocycles. The molecule has 36 heavy (non-hydrogen) atoms. The van der Waals surface area contributed by atoms with Crippen molar-refractivity contribution in [2.24, 2.45) is 0 Å². The van der Waals surface area contributed by atoms with E-state index in [0.29, 0.717) is 5.56 Å². The Labute approximate surface area is 207 Å². The number of anilines is 1. The van der Waals surface area contributed by atoms with Crippen molar-refractivity contribution < 1.29 is 29.6 Å². The third-order valence-corrected chi connectivity index (χ3v) is 6.22. The first-order chi connectivity index (χ1) is 17.3. The monoisotopic (exact) mass is 522 g/mol. The Morgan fingerprint density at radius 1 is 1.28 bits per heavy atom. The van der Waals surface area contributed by atoms with Crippen LogP contribution in [0.3, 0.4) is 0 Å². The first-order valence-electron chi connectivity index (χ1n) is 10.7. The van der Waals surface area contributed by atoms with E-state index in [1.807, 2.05) is 0 Å². The van der Waals surface area contributed by atoms with Crippen LogP contribution in [-0.4, -0.2) is 82.5 Å². The minimum Gasteiger partial charge on any atom is -0.479 e. The molecule has 0 radical (unpaired) electrons. The smallest absolute Gasteiger partial charge is 0.339 e. The number of aliphatic carboxylic acids is 1. The second-order valence-electron chi connectivity index (χ2n) is 8.26. The second-order valence-corrected chi connectivity index (χ2v) is 8.60. The number of carboxylic acid groups (broad SMARTS) is 1. The Bertz CT molecular complexity index is 1240. The number of halogens is 1. The van der Waals surface area contributed by atoms with E-state index in [0.717, 1.165) is 0 Å². The van der Waals surface area contributed by atoms with Crippen LogP contribution in [0.5, 0.6) is 0 Å². The number of imidazole rings is 1. The molecule has 0 spiro atoms. The van der Waals surface area contributed by atoms with Crippen LogP contribution in [0.1, 0.15) is 11.8 Å². The van der Waals surface area contributed by atoms with Gasteiger partial charge in [-0.1, -0.05) is 6.07 Å². The van der Waals surface area contributed by atoms with Crippen LogP contribution in [0.15, 0.2) is 30.9 Å². The van der Waals surface area contributed by atoms with Gasteiger partial charge in [0, 0.05) is 18.8 Å². The molecule has 5 heterocycles. The van der Waals surface area contributed by atoms with Crippen LogP contribution < -0.4 is 27.7 Å². The van der Waals surface area contributed by atoms with E-state index in [-0.39, 0.29) is 35.3 Å². The van der Waals surface area contributed by atoms with Crippen molar-refractivity contribution in [3.63, 3.8) is 0 Å². The third kappa shape index (κ3) is 4.34. The lowest BCUT2D eigenvalue weighted by Gasteiger charge is -2.35. The molecule has 17 heteroatoms. The number of rotatable bonds is 8. The molecule has 0 bridgehead atoms. The van der Waals surface area contributed by atoms with Gasteiger partial charge in [0.25, 0.3) is 0 Å². The summed E-state index contributed by atoms with van der Waals surface area (Å²) in [6.07, 6.45) is -1.68. The zero-order chi connectivity index (χ0) is 25.4. The minimum absolute atomic E-state index is 0.0390. The number of aliphatic hydroxyl groups is 2. The number of hydrogen-bond donors (Lipinski definition) is 8. The van der Waals surface area contributed by atoms with Crippen molar-refractivity contribution in [3.05, 3.63) is 41.7 Å². The quantitative estimate of drug-likeness (QED) is 0.144. The highest BCUT2D eigenvalue weighted by atomic mass is 35.5. The molecule has 1 unspecified atom stereocenters. The summed E-state index contributed by atoms with van der Waals surface area (Å²) < 4.78 is 13.2. The molecule has 2 saturated heterocycles. The average molecular weight is 523 g/mol. The van der Waals surface area contributed by atoms with E-state index in [2.05, 4.69) is 41.9 Å². The van der Waals surface area contributed by atoms with E-state index >= 15 is 0 Å². The lowest BCUT2D eigenvalue weighted by molar-refractivity contribution is -0.180. The zero-order valence-electron chi connectivity index (χ0n) is 18.4. The number of pyridine rings is 1. The normalized spacial score (nSPS) is 26.4. The summed E-state index contributed by atoms with van der Waals surface area (Å²) in [5, 5.41) is 31.5. The summed E-state index contributed by atoms with van der Waals surface area (Å²) in [4.78, 5) is 28.6. The highest BCUT2D eigenvalue weighted by Gasteiger charge is 2.52. The lowest BCUT2D eigenvalue weighted by Crippen LogP contribution is -2.63. The molecule has 2 fully saturated rings. The van der Waals surface area contributed by atoms with E-state index in [1.54, 1.807) is 18.3 Å². The summed E-state index contributed by atoms with van der Waals surface area (Å²) >= 11 is 5.91. The van der Waals surface area contributed by atoms with Gasteiger partial charge >= 0.3 is 5.97 Å². The van der Waals surface area contributed by atoms with Crippen molar-refractivity contribution in [1.82, 2.24) is 46.4 Å². The first-order valence-corrected chi connectivity index (χ1v) is 11.1. The van der Waals surface area contributed by atoms with Crippen LogP contribution in [-0.2, 0) is 20.7 Å². The van der Waals surface area contributed by atoms with Gasteiger partial charge in [0.2, 0.25) is 5.28 Å². The number of carbonyl (C=O) groups is 1. The summed E-state index contributed by atoms with van der Waals surface area (Å²) in [5.41, 5.74) is 15.7. The van der Waals surface area contributed by atoms with Gasteiger partial charge in [0.05, 0.1) is 12.9 Å². The molecule has 2 aliphatic rings. The number of aliphatic hydroxyl groups excluding tert-OH is 2. The topological polar surface area (TPSA) is 227 Å². The van der Waals surface area contributed by atoms with Crippen molar-refractivity contribution in [2.45, 2.75) is 42.7 Å². The van der Waals surface area contributed by atoms with Crippen LogP contribution in [0, 0.1) is 0 Å². The zero-order valence-corrected chi connectivity index (χ0v) is 19.2. The number of fused-ring (bicyclic) bond motifs is 1. The van der Waals surface area contributed by atoms with E-state index in [4.69, 9.17) is 26.8 Å². The Hall–Kier alpha value is -3.06.